The van der Waals surface area contributed by atoms with Gasteiger partial charge in [0.2, 0.25) is 5.91 Å². The maximum absolute atomic E-state index is 13.1. The summed E-state index contributed by atoms with van der Waals surface area (Å²) in [5, 5.41) is 6.11. The summed E-state index contributed by atoms with van der Waals surface area (Å²) < 4.78 is 1.45. The highest BCUT2D eigenvalue weighted by Gasteiger charge is 2.19. The van der Waals surface area contributed by atoms with E-state index in [4.69, 9.17) is 5.73 Å². The molecule has 216 valence electrons. The van der Waals surface area contributed by atoms with Crippen molar-refractivity contribution in [1.29, 1.82) is 0 Å². The summed E-state index contributed by atoms with van der Waals surface area (Å²) in [6.45, 7) is 1.72. The SMILES string of the molecule is Cc1c(NC(=O)c2cc3c(s2)CCCC3)cccc1-c1cn(C)c(=O)c(Nc2ccc(C(=O)N(C)CC(N)=O)cc2)n1. The lowest BCUT2D eigenvalue weighted by molar-refractivity contribution is -0.118. The molecule has 11 heteroatoms. The van der Waals surface area contributed by atoms with Crippen LogP contribution in [0.1, 0.15) is 48.9 Å². The Balaban J connectivity index is 1.37. The van der Waals surface area contributed by atoms with E-state index < -0.39 is 5.91 Å². The number of nitrogens with zero attached hydrogens (tertiary/aromatic N) is 3. The molecular formula is C31H32N6O4S. The first kappa shape index (κ1) is 28.7. The third-order valence-electron chi connectivity index (χ3n) is 7.28. The molecule has 0 radical (unpaired) electrons. The fraction of sp³-hybridized carbons (Fsp3) is 0.258. The summed E-state index contributed by atoms with van der Waals surface area (Å²) in [5.41, 5.74) is 9.90. The van der Waals surface area contributed by atoms with Crippen molar-refractivity contribution in [3.63, 3.8) is 0 Å². The van der Waals surface area contributed by atoms with E-state index in [0.717, 1.165) is 30.4 Å². The lowest BCUT2D eigenvalue weighted by Crippen LogP contribution is -2.35. The van der Waals surface area contributed by atoms with E-state index in [-0.39, 0.29) is 29.7 Å². The Bertz CT molecular complexity index is 1720. The molecule has 1 aliphatic rings. The maximum atomic E-state index is 13.1. The van der Waals surface area contributed by atoms with Gasteiger partial charge < -0.3 is 25.8 Å². The van der Waals surface area contributed by atoms with Crippen molar-refractivity contribution in [2.45, 2.75) is 32.6 Å². The highest BCUT2D eigenvalue weighted by atomic mass is 32.1. The first-order valence-corrected chi connectivity index (χ1v) is 14.4. The zero-order valence-electron chi connectivity index (χ0n) is 23.7. The van der Waals surface area contributed by atoms with Crippen LogP contribution in [0.3, 0.4) is 0 Å². The molecule has 0 fully saturated rings. The van der Waals surface area contributed by atoms with E-state index in [9.17, 15) is 19.2 Å². The number of thiophene rings is 1. The molecule has 0 bridgehead atoms. The number of amides is 3. The molecule has 0 saturated heterocycles. The number of aromatic nitrogens is 2. The molecule has 2 aromatic heterocycles. The van der Waals surface area contributed by atoms with Crippen LogP contribution >= 0.6 is 11.3 Å². The van der Waals surface area contributed by atoms with E-state index in [0.29, 0.717) is 27.5 Å². The second kappa shape index (κ2) is 12.0. The first-order chi connectivity index (χ1) is 20.1. The van der Waals surface area contributed by atoms with Crippen molar-refractivity contribution in [3.8, 4) is 11.3 Å². The van der Waals surface area contributed by atoms with Crippen LogP contribution in [0, 0.1) is 6.92 Å². The molecule has 2 aromatic carbocycles. The van der Waals surface area contributed by atoms with Gasteiger partial charge in [-0.05, 0) is 80.1 Å². The van der Waals surface area contributed by atoms with Gasteiger partial charge in [0.25, 0.3) is 17.4 Å². The number of hydrogen-bond donors (Lipinski definition) is 3. The molecule has 4 aromatic rings. The monoisotopic (exact) mass is 584 g/mol. The van der Waals surface area contributed by atoms with Gasteiger partial charge in [-0.25, -0.2) is 4.98 Å². The lowest BCUT2D eigenvalue weighted by atomic mass is 9.99. The van der Waals surface area contributed by atoms with Crippen molar-refractivity contribution in [2.75, 3.05) is 24.2 Å². The molecule has 0 aliphatic heterocycles. The minimum absolute atomic E-state index is 0.109. The molecule has 0 spiro atoms. The highest BCUT2D eigenvalue weighted by molar-refractivity contribution is 7.14. The molecular weight excluding hydrogens is 552 g/mol. The smallest absolute Gasteiger partial charge is 0.293 e. The normalized spacial score (nSPS) is 12.4. The number of carbonyl (C=O) groups excluding carboxylic acids is 3. The predicted molar refractivity (Wildman–Crippen MR) is 164 cm³/mol. The number of nitrogens with one attached hydrogen (secondary N) is 2. The number of fused-ring (bicyclic) bond motifs is 1. The number of aryl methyl sites for hydroxylation is 3. The summed E-state index contributed by atoms with van der Waals surface area (Å²) in [6, 6.07) is 14.1. The molecule has 0 saturated carbocycles. The van der Waals surface area contributed by atoms with Gasteiger partial charge in [0, 0.05) is 47.7 Å². The molecule has 2 heterocycles. The second-order valence-corrected chi connectivity index (χ2v) is 11.6. The van der Waals surface area contributed by atoms with Crippen molar-refractivity contribution < 1.29 is 14.4 Å². The van der Waals surface area contributed by atoms with Gasteiger partial charge in [-0.2, -0.15) is 0 Å². The van der Waals surface area contributed by atoms with Crippen LogP contribution in [0.25, 0.3) is 11.3 Å². The maximum Gasteiger partial charge on any atom is 0.293 e. The fourth-order valence-corrected chi connectivity index (χ4v) is 6.16. The first-order valence-electron chi connectivity index (χ1n) is 13.6. The van der Waals surface area contributed by atoms with Crippen LogP contribution in [0.2, 0.25) is 0 Å². The summed E-state index contributed by atoms with van der Waals surface area (Å²) in [4.78, 5) is 57.6. The summed E-state index contributed by atoms with van der Waals surface area (Å²) in [6.07, 6.45) is 6.05. The van der Waals surface area contributed by atoms with Crippen molar-refractivity contribution >= 4 is 46.3 Å². The van der Waals surface area contributed by atoms with Gasteiger partial charge in [-0.3, -0.25) is 19.2 Å². The number of rotatable bonds is 8. The Kier molecular flexibility index (Phi) is 8.21. The van der Waals surface area contributed by atoms with Crippen LogP contribution in [-0.2, 0) is 24.7 Å². The number of nitrogens with two attached hydrogens (primary N) is 1. The average molecular weight is 585 g/mol. The van der Waals surface area contributed by atoms with E-state index in [1.165, 1.54) is 33.4 Å². The van der Waals surface area contributed by atoms with Gasteiger partial charge in [0.1, 0.15) is 0 Å². The van der Waals surface area contributed by atoms with E-state index in [2.05, 4.69) is 15.6 Å². The molecule has 3 amide bonds. The van der Waals surface area contributed by atoms with Crippen LogP contribution < -0.4 is 21.9 Å². The van der Waals surface area contributed by atoms with E-state index in [1.54, 1.807) is 48.8 Å². The Morgan fingerprint density at radius 1 is 1.10 bits per heavy atom. The largest absolute Gasteiger partial charge is 0.368 e. The number of anilines is 3. The average Bonchev–Trinajstić information content (AvgIpc) is 3.41. The van der Waals surface area contributed by atoms with Crippen LogP contribution in [-0.4, -0.2) is 45.8 Å². The standard InChI is InChI=1S/C31H32N6O4S/c1-18-22(8-6-9-23(18)35-29(39)26-15-20-7-4-5-10-25(20)42-26)24-16-36(2)31(41)28(34-24)33-21-13-11-19(12-14-21)30(40)37(3)17-27(32)38/h6,8-9,11-16H,4-5,7,10,17H2,1-3H3,(H2,32,38)(H,33,34)(H,35,39). The lowest BCUT2D eigenvalue weighted by Gasteiger charge is -2.16. The van der Waals surface area contributed by atoms with Crippen molar-refractivity contribution in [3.05, 3.63) is 91.5 Å². The Morgan fingerprint density at radius 3 is 2.55 bits per heavy atom. The zero-order valence-corrected chi connectivity index (χ0v) is 24.5. The minimum atomic E-state index is -0.602. The van der Waals surface area contributed by atoms with Gasteiger partial charge in [-0.1, -0.05) is 12.1 Å². The predicted octanol–water partition coefficient (Wildman–Crippen LogP) is 4.25. The van der Waals surface area contributed by atoms with Gasteiger partial charge in [0.05, 0.1) is 17.1 Å². The third kappa shape index (κ3) is 6.10. The quantitative estimate of drug-likeness (QED) is 0.283. The fourth-order valence-electron chi connectivity index (χ4n) is 5.01. The van der Waals surface area contributed by atoms with Crippen molar-refractivity contribution in [1.82, 2.24) is 14.5 Å². The number of benzene rings is 2. The Hall–Kier alpha value is -4.77. The third-order valence-corrected chi connectivity index (χ3v) is 8.52. The van der Waals surface area contributed by atoms with Gasteiger partial charge >= 0.3 is 0 Å². The minimum Gasteiger partial charge on any atom is -0.368 e. The van der Waals surface area contributed by atoms with Gasteiger partial charge in [0.15, 0.2) is 5.82 Å². The number of hydrogen-bond acceptors (Lipinski definition) is 7. The number of likely N-dealkylation sites (N-methyl/N-ethyl adjacent to an activating group) is 1. The van der Waals surface area contributed by atoms with Crippen LogP contribution in [0.4, 0.5) is 17.2 Å². The molecule has 5 rings (SSSR count). The van der Waals surface area contributed by atoms with Gasteiger partial charge in [-0.15, -0.1) is 11.3 Å². The molecule has 0 unspecified atom stereocenters. The summed E-state index contributed by atoms with van der Waals surface area (Å²) in [7, 11) is 3.14. The number of primary amides is 1. The Labute approximate surface area is 247 Å². The topological polar surface area (TPSA) is 139 Å². The van der Waals surface area contributed by atoms with Crippen LogP contribution in [0.15, 0.2) is 59.5 Å². The van der Waals surface area contributed by atoms with Crippen molar-refractivity contribution in [2.24, 2.45) is 12.8 Å². The zero-order chi connectivity index (χ0) is 30.0. The molecule has 42 heavy (non-hydrogen) atoms. The molecule has 1 aliphatic carbocycles. The molecule has 4 N–H and O–H groups in total. The summed E-state index contributed by atoms with van der Waals surface area (Å²) in [5.74, 6) is -0.974. The molecule has 0 atom stereocenters. The second-order valence-electron chi connectivity index (χ2n) is 10.4. The summed E-state index contributed by atoms with van der Waals surface area (Å²) >= 11 is 1.57. The van der Waals surface area contributed by atoms with E-state index in [1.807, 2.05) is 31.2 Å². The molecule has 10 nitrogen and oxygen atoms in total. The highest BCUT2D eigenvalue weighted by Crippen LogP contribution is 2.32. The Morgan fingerprint density at radius 2 is 1.83 bits per heavy atom. The van der Waals surface area contributed by atoms with Crippen LogP contribution in [0.5, 0.6) is 0 Å². The van der Waals surface area contributed by atoms with E-state index >= 15 is 0 Å². The number of carbonyl (C=O) groups is 3.